The first kappa shape index (κ1) is 11.4. The van der Waals surface area contributed by atoms with Crippen molar-refractivity contribution in [2.45, 2.75) is 19.3 Å². The molecule has 0 unspecified atom stereocenters. The summed E-state index contributed by atoms with van der Waals surface area (Å²) in [5, 5.41) is 0. The van der Waals surface area contributed by atoms with Crippen LogP contribution in [0.1, 0.15) is 19.3 Å². The van der Waals surface area contributed by atoms with Crippen LogP contribution in [0.2, 0.25) is 0 Å². The van der Waals surface area contributed by atoms with Crippen molar-refractivity contribution in [3.8, 4) is 0 Å². The Bertz CT molecular complexity index is 357. The third-order valence-corrected chi connectivity index (χ3v) is 2.26. The molecule has 0 radical (unpaired) electrons. The molecule has 15 heavy (non-hydrogen) atoms. The molecule has 0 aliphatic heterocycles. The summed E-state index contributed by atoms with van der Waals surface area (Å²) in [6, 6.07) is 0. The zero-order valence-electron chi connectivity index (χ0n) is 9.00. The summed E-state index contributed by atoms with van der Waals surface area (Å²) in [6.45, 7) is 7.56. The summed E-state index contributed by atoms with van der Waals surface area (Å²) in [7, 11) is 0. The second kappa shape index (κ2) is 5.25. The maximum absolute atomic E-state index is 5.68. The fourth-order valence-corrected chi connectivity index (χ4v) is 1.42. The maximum atomic E-state index is 5.68. The topological polar surface area (TPSA) is 52.0 Å². The summed E-state index contributed by atoms with van der Waals surface area (Å²) >= 11 is 0. The smallest absolute Gasteiger partial charge is 0.0241 e. The molecule has 80 valence electrons. The Kier molecular flexibility index (Phi) is 3.98. The van der Waals surface area contributed by atoms with Crippen molar-refractivity contribution < 1.29 is 0 Å². The molecular formula is C13H18N2. The Morgan fingerprint density at radius 1 is 1.27 bits per heavy atom. The SMILES string of the molecule is C=C(N)/C=C\C(=C)CC1=CC=C(N)CC1. The predicted octanol–water partition coefficient (Wildman–Crippen LogP) is 2.52. The molecule has 0 atom stereocenters. The third-order valence-electron chi connectivity index (χ3n) is 2.26. The number of hydrogen-bond acceptors (Lipinski definition) is 2. The summed E-state index contributed by atoms with van der Waals surface area (Å²) in [6.07, 6.45) is 10.6. The van der Waals surface area contributed by atoms with Crippen molar-refractivity contribution in [1.29, 1.82) is 0 Å². The van der Waals surface area contributed by atoms with E-state index in [0.29, 0.717) is 5.70 Å². The molecule has 0 aromatic rings. The van der Waals surface area contributed by atoms with Crippen LogP contribution in [0.15, 0.2) is 60.0 Å². The van der Waals surface area contributed by atoms with Gasteiger partial charge in [-0.05, 0) is 31.4 Å². The lowest BCUT2D eigenvalue weighted by atomic mass is 9.97. The summed E-state index contributed by atoms with van der Waals surface area (Å²) in [5.74, 6) is 0. The molecule has 4 N–H and O–H groups in total. The Hall–Kier alpha value is -1.70. The van der Waals surface area contributed by atoms with Gasteiger partial charge in [-0.2, -0.15) is 0 Å². The van der Waals surface area contributed by atoms with Gasteiger partial charge in [0.1, 0.15) is 0 Å². The Balaban J connectivity index is 2.49. The maximum Gasteiger partial charge on any atom is 0.0241 e. The van der Waals surface area contributed by atoms with E-state index < -0.39 is 0 Å². The lowest BCUT2D eigenvalue weighted by molar-refractivity contribution is 0.861. The van der Waals surface area contributed by atoms with Gasteiger partial charge in [0.05, 0.1) is 0 Å². The average molecular weight is 202 g/mol. The van der Waals surface area contributed by atoms with Gasteiger partial charge in [0.15, 0.2) is 0 Å². The molecule has 0 fully saturated rings. The zero-order chi connectivity index (χ0) is 11.3. The molecule has 0 aromatic carbocycles. The first-order valence-electron chi connectivity index (χ1n) is 5.02. The third kappa shape index (κ3) is 4.36. The fourth-order valence-electron chi connectivity index (χ4n) is 1.42. The van der Waals surface area contributed by atoms with E-state index in [0.717, 1.165) is 30.5 Å². The number of nitrogens with two attached hydrogens (primary N) is 2. The van der Waals surface area contributed by atoms with Crippen LogP contribution in [0, 0.1) is 0 Å². The van der Waals surface area contributed by atoms with Gasteiger partial charge in [-0.1, -0.05) is 36.5 Å². The van der Waals surface area contributed by atoms with E-state index in [-0.39, 0.29) is 0 Å². The highest BCUT2D eigenvalue weighted by molar-refractivity contribution is 5.30. The van der Waals surface area contributed by atoms with Gasteiger partial charge in [-0.25, -0.2) is 0 Å². The van der Waals surface area contributed by atoms with Gasteiger partial charge in [-0.15, -0.1) is 0 Å². The second-order valence-electron chi connectivity index (χ2n) is 3.81. The van der Waals surface area contributed by atoms with Crippen LogP contribution in [0.5, 0.6) is 0 Å². The first-order chi connectivity index (χ1) is 7.08. The van der Waals surface area contributed by atoms with Crippen molar-refractivity contribution in [2.75, 3.05) is 0 Å². The summed E-state index contributed by atoms with van der Waals surface area (Å²) in [4.78, 5) is 0. The quantitative estimate of drug-likeness (QED) is 0.688. The Morgan fingerprint density at radius 2 is 2.00 bits per heavy atom. The molecule has 0 saturated carbocycles. The van der Waals surface area contributed by atoms with Crippen LogP contribution in [-0.4, -0.2) is 0 Å². The fraction of sp³-hybridized carbons (Fsp3) is 0.231. The van der Waals surface area contributed by atoms with Gasteiger partial charge in [0, 0.05) is 11.4 Å². The lowest BCUT2D eigenvalue weighted by Gasteiger charge is -2.11. The normalized spacial score (nSPS) is 16.0. The summed E-state index contributed by atoms with van der Waals surface area (Å²) < 4.78 is 0. The van der Waals surface area contributed by atoms with E-state index in [1.807, 2.05) is 12.2 Å². The molecule has 2 nitrogen and oxygen atoms in total. The van der Waals surface area contributed by atoms with Crippen molar-refractivity contribution in [3.63, 3.8) is 0 Å². The van der Waals surface area contributed by atoms with Crippen LogP contribution in [-0.2, 0) is 0 Å². The average Bonchev–Trinajstić information content (AvgIpc) is 2.19. The first-order valence-corrected chi connectivity index (χ1v) is 5.02. The monoisotopic (exact) mass is 202 g/mol. The van der Waals surface area contributed by atoms with Crippen molar-refractivity contribution in [3.05, 3.63) is 60.0 Å². The molecule has 0 heterocycles. The van der Waals surface area contributed by atoms with E-state index >= 15 is 0 Å². The van der Waals surface area contributed by atoms with Crippen molar-refractivity contribution >= 4 is 0 Å². The van der Waals surface area contributed by atoms with Gasteiger partial charge in [0.2, 0.25) is 0 Å². The van der Waals surface area contributed by atoms with E-state index in [2.05, 4.69) is 19.2 Å². The van der Waals surface area contributed by atoms with Crippen LogP contribution in [0.4, 0.5) is 0 Å². The molecule has 0 bridgehead atoms. The van der Waals surface area contributed by atoms with Gasteiger partial charge >= 0.3 is 0 Å². The lowest BCUT2D eigenvalue weighted by Crippen LogP contribution is -2.01. The number of hydrogen-bond donors (Lipinski definition) is 2. The Morgan fingerprint density at radius 3 is 2.53 bits per heavy atom. The Labute approximate surface area is 91.3 Å². The van der Waals surface area contributed by atoms with Gasteiger partial charge < -0.3 is 11.5 Å². The largest absolute Gasteiger partial charge is 0.402 e. The minimum Gasteiger partial charge on any atom is -0.402 e. The van der Waals surface area contributed by atoms with Crippen molar-refractivity contribution in [2.24, 2.45) is 11.5 Å². The van der Waals surface area contributed by atoms with E-state index in [1.165, 1.54) is 5.57 Å². The van der Waals surface area contributed by atoms with Crippen molar-refractivity contribution in [1.82, 2.24) is 0 Å². The van der Waals surface area contributed by atoms with Crippen LogP contribution in [0.3, 0.4) is 0 Å². The molecule has 2 heteroatoms. The van der Waals surface area contributed by atoms with Crippen LogP contribution < -0.4 is 11.5 Å². The standard InChI is InChI=1S/C13H18N2/c1-10(3-4-11(2)14)9-12-5-7-13(15)8-6-12/h3-5,7H,1-2,6,8-9,14-15H2/b4-3-. The molecule has 1 rings (SSSR count). The highest BCUT2D eigenvalue weighted by atomic mass is 14.6. The van der Waals surface area contributed by atoms with Gasteiger partial charge in [0.25, 0.3) is 0 Å². The molecule has 1 aliphatic carbocycles. The zero-order valence-corrected chi connectivity index (χ0v) is 9.00. The van der Waals surface area contributed by atoms with Crippen LogP contribution >= 0.6 is 0 Å². The molecule has 1 aliphatic rings. The summed E-state index contributed by atoms with van der Waals surface area (Å²) in [5.41, 5.74) is 15.0. The highest BCUT2D eigenvalue weighted by Gasteiger charge is 2.03. The molecule has 0 amide bonds. The van der Waals surface area contributed by atoms with Crippen LogP contribution in [0.25, 0.3) is 0 Å². The minimum absolute atomic E-state index is 0.554. The highest BCUT2D eigenvalue weighted by Crippen LogP contribution is 2.21. The number of allylic oxidation sites excluding steroid dienone is 7. The second-order valence-corrected chi connectivity index (χ2v) is 3.81. The molecule has 0 spiro atoms. The minimum atomic E-state index is 0.554. The van der Waals surface area contributed by atoms with E-state index in [9.17, 15) is 0 Å². The van der Waals surface area contributed by atoms with Gasteiger partial charge in [-0.3, -0.25) is 0 Å². The van der Waals surface area contributed by atoms with E-state index in [1.54, 1.807) is 6.08 Å². The molecular weight excluding hydrogens is 184 g/mol. The predicted molar refractivity (Wildman–Crippen MR) is 65.8 cm³/mol. The number of rotatable bonds is 4. The molecule has 0 saturated heterocycles. The molecule has 0 aromatic heterocycles. The van der Waals surface area contributed by atoms with E-state index in [4.69, 9.17) is 11.5 Å².